The van der Waals surface area contributed by atoms with Gasteiger partial charge in [0.2, 0.25) is 11.1 Å². The second-order valence-corrected chi connectivity index (χ2v) is 8.48. The number of halogens is 2. The van der Waals surface area contributed by atoms with Gasteiger partial charge in [-0.3, -0.25) is 4.79 Å². The Hall–Kier alpha value is -1.44. The molecule has 0 atom stereocenters. The smallest absolute Gasteiger partial charge is 0.230 e. The molecule has 1 aliphatic carbocycles. The molecule has 1 amide bonds. The number of aromatic nitrogens is 3. The molecule has 1 aromatic carbocycles. The molecule has 3 rings (SSSR count). The van der Waals surface area contributed by atoms with Crippen LogP contribution in [0.3, 0.4) is 0 Å². The number of benzene rings is 1. The molecule has 6 nitrogen and oxygen atoms in total. The Labute approximate surface area is 173 Å². The summed E-state index contributed by atoms with van der Waals surface area (Å²) in [4.78, 5) is 12.3. The molecule has 0 unspecified atom stereocenters. The number of carbonyl (C=O) groups excluding carboxylic acids is 1. The summed E-state index contributed by atoms with van der Waals surface area (Å²) in [5.74, 6) is 6.78. The van der Waals surface area contributed by atoms with Crippen LogP contribution in [0.4, 0.5) is 0 Å². The summed E-state index contributed by atoms with van der Waals surface area (Å²) in [5.41, 5.74) is 0.641. The molecule has 3 N–H and O–H groups in total. The topological polar surface area (TPSA) is 85.8 Å². The van der Waals surface area contributed by atoms with Crippen molar-refractivity contribution in [2.75, 3.05) is 11.6 Å². The van der Waals surface area contributed by atoms with E-state index in [0.29, 0.717) is 26.6 Å². The van der Waals surface area contributed by atoms with E-state index < -0.39 is 0 Å². The first kappa shape index (κ1) is 20.3. The van der Waals surface area contributed by atoms with E-state index in [1.54, 1.807) is 18.2 Å². The number of nitrogens with one attached hydrogen (secondary N) is 1. The summed E-state index contributed by atoms with van der Waals surface area (Å²) in [7, 11) is 0. The highest BCUT2D eigenvalue weighted by Gasteiger charge is 2.18. The fourth-order valence-corrected chi connectivity index (χ4v) is 4.39. The Kier molecular flexibility index (Phi) is 7.26. The number of thioether (sulfide) groups is 1. The third-order valence-electron chi connectivity index (χ3n) is 4.64. The van der Waals surface area contributed by atoms with Gasteiger partial charge >= 0.3 is 0 Å². The van der Waals surface area contributed by atoms with Crippen LogP contribution in [0.15, 0.2) is 23.4 Å². The van der Waals surface area contributed by atoms with Gasteiger partial charge in [0.15, 0.2) is 5.82 Å². The maximum atomic E-state index is 12.3. The Morgan fingerprint density at radius 2 is 1.89 bits per heavy atom. The van der Waals surface area contributed by atoms with Crippen LogP contribution in [-0.2, 0) is 4.79 Å². The van der Waals surface area contributed by atoms with Crippen molar-refractivity contribution < 1.29 is 4.79 Å². The quantitative estimate of drug-likeness (QED) is 0.548. The third kappa shape index (κ3) is 5.53. The number of nitrogen functional groups attached to an aromatic ring is 1. The average Bonchev–Trinajstić information content (AvgIpc) is 2.96. The van der Waals surface area contributed by atoms with Gasteiger partial charge in [0.1, 0.15) is 0 Å². The molecule has 0 bridgehead atoms. The molecule has 0 aliphatic heterocycles. The number of rotatable bonds is 5. The predicted molar refractivity (Wildman–Crippen MR) is 111 cm³/mol. The summed E-state index contributed by atoms with van der Waals surface area (Å²) >= 11 is 13.4. The van der Waals surface area contributed by atoms with Crippen LogP contribution in [0.5, 0.6) is 0 Å². The lowest BCUT2D eigenvalue weighted by atomic mass is 9.97. The molecule has 1 aliphatic rings. The molecule has 1 aromatic heterocycles. The van der Waals surface area contributed by atoms with Crippen molar-refractivity contribution in [3.05, 3.63) is 28.2 Å². The van der Waals surface area contributed by atoms with E-state index in [0.717, 1.165) is 12.8 Å². The van der Waals surface area contributed by atoms with Gasteiger partial charge in [-0.2, -0.15) is 0 Å². The van der Waals surface area contributed by atoms with Crippen molar-refractivity contribution in [2.24, 2.45) is 0 Å². The molecular formula is C18H23Cl2N5OS. The van der Waals surface area contributed by atoms with Gasteiger partial charge < -0.3 is 11.2 Å². The van der Waals surface area contributed by atoms with Crippen LogP contribution >= 0.6 is 35.0 Å². The van der Waals surface area contributed by atoms with E-state index in [4.69, 9.17) is 29.0 Å². The monoisotopic (exact) mass is 427 g/mol. The second kappa shape index (κ2) is 9.66. The number of amides is 1. The first-order chi connectivity index (χ1) is 13.0. The van der Waals surface area contributed by atoms with E-state index in [-0.39, 0.29) is 17.7 Å². The maximum absolute atomic E-state index is 12.3. The van der Waals surface area contributed by atoms with E-state index in [9.17, 15) is 4.79 Å². The van der Waals surface area contributed by atoms with Crippen LogP contribution in [0, 0.1) is 0 Å². The molecule has 1 heterocycles. The summed E-state index contributed by atoms with van der Waals surface area (Å²) in [6.45, 7) is 0. The lowest BCUT2D eigenvalue weighted by Gasteiger charge is -2.20. The number of hydrogen-bond acceptors (Lipinski definition) is 5. The molecule has 0 radical (unpaired) electrons. The summed E-state index contributed by atoms with van der Waals surface area (Å²) in [5, 5.41) is 12.8. The van der Waals surface area contributed by atoms with E-state index in [2.05, 4.69) is 15.5 Å². The van der Waals surface area contributed by atoms with Crippen molar-refractivity contribution in [1.29, 1.82) is 0 Å². The molecule has 1 saturated carbocycles. The maximum Gasteiger partial charge on any atom is 0.230 e. The van der Waals surface area contributed by atoms with Gasteiger partial charge in [0.05, 0.1) is 10.8 Å². The van der Waals surface area contributed by atoms with Crippen molar-refractivity contribution in [1.82, 2.24) is 20.2 Å². The van der Waals surface area contributed by atoms with Crippen LogP contribution in [0.2, 0.25) is 10.0 Å². The Morgan fingerprint density at radius 1 is 1.19 bits per heavy atom. The van der Waals surface area contributed by atoms with Gasteiger partial charge in [-0.1, -0.05) is 67.1 Å². The zero-order valence-electron chi connectivity index (χ0n) is 15.0. The van der Waals surface area contributed by atoms with Gasteiger partial charge in [0, 0.05) is 16.6 Å². The highest BCUT2D eigenvalue weighted by molar-refractivity contribution is 7.99. The van der Waals surface area contributed by atoms with Crippen LogP contribution in [0.25, 0.3) is 11.4 Å². The van der Waals surface area contributed by atoms with Crippen molar-refractivity contribution in [3.8, 4) is 11.4 Å². The number of hydrogen-bond donors (Lipinski definition) is 2. The van der Waals surface area contributed by atoms with Crippen molar-refractivity contribution >= 4 is 40.9 Å². The molecular weight excluding hydrogens is 405 g/mol. The normalized spacial score (nSPS) is 15.9. The summed E-state index contributed by atoms with van der Waals surface area (Å²) in [6.07, 6.45) is 8.30. The van der Waals surface area contributed by atoms with Crippen LogP contribution < -0.4 is 11.2 Å². The SMILES string of the molecule is Nn1c(SCC(=O)NC2CCCCCCC2)nnc1-c1ccc(Cl)cc1Cl. The van der Waals surface area contributed by atoms with E-state index in [1.165, 1.54) is 48.5 Å². The third-order valence-corrected chi connectivity index (χ3v) is 6.13. The summed E-state index contributed by atoms with van der Waals surface area (Å²) < 4.78 is 1.35. The minimum absolute atomic E-state index is 0.000325. The van der Waals surface area contributed by atoms with Crippen molar-refractivity contribution in [3.63, 3.8) is 0 Å². The fraction of sp³-hybridized carbons (Fsp3) is 0.500. The fourth-order valence-electron chi connectivity index (χ4n) is 3.23. The average molecular weight is 428 g/mol. The molecule has 9 heteroatoms. The largest absolute Gasteiger partial charge is 0.353 e. The molecule has 1 fully saturated rings. The van der Waals surface area contributed by atoms with Gasteiger partial charge in [-0.05, 0) is 31.0 Å². The molecule has 0 saturated heterocycles. The van der Waals surface area contributed by atoms with Crippen LogP contribution in [-0.4, -0.2) is 32.6 Å². The van der Waals surface area contributed by atoms with Crippen LogP contribution in [0.1, 0.15) is 44.9 Å². The van der Waals surface area contributed by atoms with Crippen molar-refractivity contribution in [2.45, 2.75) is 56.1 Å². The Bertz CT molecular complexity index is 790. The number of nitrogens with two attached hydrogens (primary N) is 1. The minimum Gasteiger partial charge on any atom is -0.353 e. The zero-order valence-corrected chi connectivity index (χ0v) is 17.3. The Balaban J connectivity index is 1.58. The van der Waals surface area contributed by atoms with Gasteiger partial charge in [-0.25, -0.2) is 4.68 Å². The van der Waals surface area contributed by atoms with E-state index >= 15 is 0 Å². The molecule has 146 valence electrons. The number of nitrogens with zero attached hydrogens (tertiary/aromatic N) is 3. The lowest BCUT2D eigenvalue weighted by molar-refractivity contribution is -0.119. The first-order valence-corrected chi connectivity index (χ1v) is 10.9. The second-order valence-electron chi connectivity index (χ2n) is 6.70. The molecule has 2 aromatic rings. The first-order valence-electron chi connectivity index (χ1n) is 9.12. The predicted octanol–water partition coefficient (Wildman–Crippen LogP) is 4.29. The highest BCUT2D eigenvalue weighted by Crippen LogP contribution is 2.30. The highest BCUT2D eigenvalue weighted by atomic mass is 35.5. The molecule has 27 heavy (non-hydrogen) atoms. The standard InChI is InChI=1S/C18H23Cl2N5OS/c19-12-8-9-14(15(20)10-12)17-23-24-18(25(17)21)27-11-16(26)22-13-6-4-2-1-3-5-7-13/h8-10,13H,1-7,11,21H2,(H,22,26). The van der Waals surface area contributed by atoms with E-state index in [1.807, 2.05) is 0 Å². The Morgan fingerprint density at radius 3 is 2.59 bits per heavy atom. The van der Waals surface area contributed by atoms with Gasteiger partial charge in [-0.15, -0.1) is 10.2 Å². The lowest BCUT2D eigenvalue weighted by Crippen LogP contribution is -2.36. The minimum atomic E-state index is -0.000325. The molecule has 0 spiro atoms. The number of carbonyl (C=O) groups is 1. The zero-order chi connectivity index (χ0) is 19.2. The summed E-state index contributed by atoms with van der Waals surface area (Å²) in [6, 6.07) is 5.36. The van der Waals surface area contributed by atoms with Gasteiger partial charge in [0.25, 0.3) is 0 Å².